The van der Waals surface area contributed by atoms with Crippen molar-refractivity contribution < 1.29 is 28.1 Å². The SMILES string of the molecule is COc1cc2c(Oc3ccc4c(c3F)C=C(C)C4)ccnc2cc1OCC1(CC(=O)OCc2ccccc2)CC1. The zero-order valence-electron chi connectivity index (χ0n) is 22.5. The smallest absolute Gasteiger partial charge is 0.306 e. The molecule has 0 saturated heterocycles. The number of allylic oxidation sites excluding steroid dienone is 1. The van der Waals surface area contributed by atoms with Crippen molar-refractivity contribution in [1.29, 1.82) is 0 Å². The molecule has 0 unspecified atom stereocenters. The van der Waals surface area contributed by atoms with Gasteiger partial charge in [-0.2, -0.15) is 0 Å². The van der Waals surface area contributed by atoms with Crippen molar-refractivity contribution in [3.8, 4) is 23.0 Å². The number of aromatic nitrogens is 1. The molecule has 2 aliphatic carbocycles. The molecule has 0 spiro atoms. The second-order valence-corrected chi connectivity index (χ2v) is 10.7. The first kappa shape index (κ1) is 25.9. The zero-order valence-corrected chi connectivity index (χ0v) is 22.5. The molecular weight excluding hydrogens is 509 g/mol. The van der Waals surface area contributed by atoms with Crippen molar-refractivity contribution in [2.45, 2.75) is 39.2 Å². The number of carbonyl (C=O) groups excluding carboxylic acids is 1. The van der Waals surface area contributed by atoms with E-state index < -0.39 is 0 Å². The Morgan fingerprint density at radius 3 is 2.60 bits per heavy atom. The van der Waals surface area contributed by atoms with Gasteiger partial charge in [-0.25, -0.2) is 4.39 Å². The number of ether oxygens (including phenoxy) is 4. The van der Waals surface area contributed by atoms with Crippen molar-refractivity contribution >= 4 is 22.9 Å². The van der Waals surface area contributed by atoms with Gasteiger partial charge in [-0.3, -0.25) is 9.78 Å². The van der Waals surface area contributed by atoms with E-state index in [1.54, 1.807) is 37.6 Å². The molecule has 1 fully saturated rings. The largest absolute Gasteiger partial charge is 0.493 e. The third kappa shape index (κ3) is 5.37. The quantitative estimate of drug-likeness (QED) is 0.195. The second kappa shape index (κ2) is 10.6. The Hall–Kier alpha value is -4.39. The van der Waals surface area contributed by atoms with E-state index in [9.17, 15) is 4.79 Å². The molecule has 0 N–H and O–H groups in total. The van der Waals surface area contributed by atoms with Gasteiger partial charge < -0.3 is 18.9 Å². The maximum atomic E-state index is 15.2. The average Bonchev–Trinajstić information content (AvgIpc) is 3.62. The Kier molecular flexibility index (Phi) is 6.88. The number of halogens is 1. The number of rotatable bonds is 10. The zero-order chi connectivity index (χ0) is 27.7. The van der Waals surface area contributed by atoms with Gasteiger partial charge in [0.15, 0.2) is 23.1 Å². The van der Waals surface area contributed by atoms with Crippen LogP contribution in [0.25, 0.3) is 17.0 Å². The molecule has 1 aromatic heterocycles. The van der Waals surface area contributed by atoms with Gasteiger partial charge in [0.05, 0.1) is 25.7 Å². The van der Waals surface area contributed by atoms with Crippen LogP contribution in [0.1, 0.15) is 42.9 Å². The van der Waals surface area contributed by atoms with Gasteiger partial charge in [-0.1, -0.05) is 48.0 Å². The third-order valence-electron chi connectivity index (χ3n) is 7.55. The number of carbonyl (C=O) groups is 1. The monoisotopic (exact) mass is 539 g/mol. The summed E-state index contributed by atoms with van der Waals surface area (Å²) < 4.78 is 38.6. The lowest BCUT2D eigenvalue weighted by Gasteiger charge is -2.18. The number of hydrogen-bond acceptors (Lipinski definition) is 6. The van der Waals surface area contributed by atoms with Crippen LogP contribution in [0, 0.1) is 11.2 Å². The first-order chi connectivity index (χ1) is 19.4. The van der Waals surface area contributed by atoms with Gasteiger partial charge >= 0.3 is 5.97 Å². The average molecular weight is 540 g/mol. The van der Waals surface area contributed by atoms with Crippen molar-refractivity contribution in [1.82, 2.24) is 4.98 Å². The summed E-state index contributed by atoms with van der Waals surface area (Å²) in [4.78, 5) is 17.0. The van der Waals surface area contributed by atoms with Gasteiger partial charge in [-0.05, 0) is 55.5 Å². The Labute approximate surface area is 232 Å². The highest BCUT2D eigenvalue weighted by Gasteiger charge is 2.46. The Balaban J connectivity index is 1.16. The van der Waals surface area contributed by atoms with Crippen LogP contribution < -0.4 is 14.2 Å². The molecule has 0 radical (unpaired) electrons. The summed E-state index contributed by atoms with van der Waals surface area (Å²) in [5.74, 6) is 1.04. The van der Waals surface area contributed by atoms with E-state index in [-0.39, 0.29) is 29.6 Å². The van der Waals surface area contributed by atoms with E-state index in [1.807, 2.05) is 49.4 Å². The predicted octanol–water partition coefficient (Wildman–Crippen LogP) is 7.43. The third-order valence-corrected chi connectivity index (χ3v) is 7.55. The van der Waals surface area contributed by atoms with Gasteiger partial charge in [0.25, 0.3) is 0 Å². The van der Waals surface area contributed by atoms with Crippen LogP contribution in [-0.4, -0.2) is 24.7 Å². The Morgan fingerprint density at radius 1 is 1.00 bits per heavy atom. The molecule has 7 heteroatoms. The molecule has 6 nitrogen and oxygen atoms in total. The van der Waals surface area contributed by atoms with Crippen LogP contribution in [0.15, 0.2) is 72.4 Å². The minimum Gasteiger partial charge on any atom is -0.493 e. The molecule has 2 aliphatic rings. The standard InChI is InChI=1S/C33H30FNO5/c1-21-14-23-8-9-28(32(34)24(23)15-21)40-27-10-13-35-26-17-30(29(37-2)16-25(26)27)39-20-33(11-12-33)18-31(36)38-19-22-6-4-3-5-7-22/h3-10,13,15-17H,11-12,14,18-20H2,1-2H3. The molecule has 6 rings (SSSR count). The van der Waals surface area contributed by atoms with Gasteiger partial charge in [0, 0.05) is 28.6 Å². The fourth-order valence-electron chi connectivity index (χ4n) is 5.08. The molecule has 0 bridgehead atoms. The number of esters is 1. The number of fused-ring (bicyclic) bond motifs is 2. The van der Waals surface area contributed by atoms with Crippen molar-refractivity contribution in [3.63, 3.8) is 0 Å². The molecular formula is C33H30FNO5. The summed E-state index contributed by atoms with van der Waals surface area (Å²) in [6.45, 7) is 2.61. The highest BCUT2D eigenvalue weighted by Crippen LogP contribution is 2.50. The van der Waals surface area contributed by atoms with Crippen LogP contribution >= 0.6 is 0 Å². The molecule has 3 aromatic carbocycles. The second-order valence-electron chi connectivity index (χ2n) is 10.7. The number of methoxy groups -OCH3 is 1. The molecule has 0 aliphatic heterocycles. The summed E-state index contributed by atoms with van der Waals surface area (Å²) in [7, 11) is 1.56. The minimum absolute atomic E-state index is 0.159. The summed E-state index contributed by atoms with van der Waals surface area (Å²) in [5.41, 5.74) is 4.00. The maximum absolute atomic E-state index is 15.2. The lowest BCUT2D eigenvalue weighted by Crippen LogP contribution is -2.19. The van der Waals surface area contributed by atoms with Gasteiger partial charge in [-0.15, -0.1) is 0 Å². The Bertz CT molecular complexity index is 1610. The molecule has 204 valence electrons. The predicted molar refractivity (Wildman–Crippen MR) is 150 cm³/mol. The topological polar surface area (TPSA) is 66.9 Å². The molecule has 0 atom stereocenters. The van der Waals surface area contributed by atoms with E-state index in [2.05, 4.69) is 4.98 Å². The molecule has 1 heterocycles. The highest BCUT2D eigenvalue weighted by atomic mass is 19.1. The van der Waals surface area contributed by atoms with Crippen LogP contribution in [0.2, 0.25) is 0 Å². The lowest BCUT2D eigenvalue weighted by molar-refractivity contribution is -0.146. The van der Waals surface area contributed by atoms with Gasteiger partial charge in [0.2, 0.25) is 0 Å². The van der Waals surface area contributed by atoms with Crippen LogP contribution in [0.4, 0.5) is 4.39 Å². The summed E-state index contributed by atoms with van der Waals surface area (Å²) >= 11 is 0. The van der Waals surface area contributed by atoms with Crippen LogP contribution in [0.5, 0.6) is 23.0 Å². The van der Waals surface area contributed by atoms with Crippen LogP contribution in [0.3, 0.4) is 0 Å². The minimum atomic E-state index is -0.372. The van der Waals surface area contributed by atoms with Crippen LogP contribution in [-0.2, 0) is 22.6 Å². The first-order valence-corrected chi connectivity index (χ1v) is 13.4. The van der Waals surface area contributed by atoms with E-state index in [4.69, 9.17) is 18.9 Å². The normalized spacial score (nSPS) is 14.8. The van der Waals surface area contributed by atoms with E-state index in [0.717, 1.165) is 36.0 Å². The summed E-state index contributed by atoms with van der Waals surface area (Å²) in [5, 5.41) is 0.670. The molecule has 4 aromatic rings. The lowest BCUT2D eigenvalue weighted by atomic mass is 10.0. The Morgan fingerprint density at radius 2 is 1.82 bits per heavy atom. The fraction of sp³-hybridized carbons (Fsp3) is 0.273. The first-order valence-electron chi connectivity index (χ1n) is 13.4. The number of hydrogen-bond donors (Lipinski definition) is 0. The summed E-state index contributed by atoms with van der Waals surface area (Å²) in [6, 6.07) is 18.5. The van der Waals surface area contributed by atoms with Crippen molar-refractivity contribution in [3.05, 3.63) is 94.9 Å². The van der Waals surface area contributed by atoms with E-state index in [0.29, 0.717) is 46.7 Å². The van der Waals surface area contributed by atoms with E-state index >= 15 is 4.39 Å². The summed E-state index contributed by atoms with van der Waals surface area (Å²) in [6.07, 6.45) is 6.31. The molecule has 40 heavy (non-hydrogen) atoms. The number of benzene rings is 3. The maximum Gasteiger partial charge on any atom is 0.306 e. The number of pyridine rings is 1. The number of nitrogens with zero attached hydrogens (tertiary/aromatic N) is 1. The molecule has 0 amide bonds. The van der Waals surface area contributed by atoms with Crippen molar-refractivity contribution in [2.24, 2.45) is 5.41 Å². The fourth-order valence-corrected chi connectivity index (χ4v) is 5.08. The van der Waals surface area contributed by atoms with E-state index in [1.165, 1.54) is 0 Å². The molecule has 1 saturated carbocycles. The highest BCUT2D eigenvalue weighted by molar-refractivity contribution is 5.88. The van der Waals surface area contributed by atoms with Crippen molar-refractivity contribution in [2.75, 3.05) is 13.7 Å². The van der Waals surface area contributed by atoms with Gasteiger partial charge in [0.1, 0.15) is 12.4 Å².